The molecule has 9 nitrogen and oxygen atoms in total. The number of rotatable bonds is 5. The van der Waals surface area contributed by atoms with Gasteiger partial charge in [-0.25, -0.2) is 9.78 Å². The standard InChI is InChI=1S/C20H19ClN6O3S/c1-11-6-4-5-7-13(11)23-14(28)8-15-22-12(10-31-15)9-27-16-17(24-19(27)21)25(2)20(30)26(3)18(16)29/h4-7,10H,8-9H2,1-3H3,(H,23,28). The summed E-state index contributed by atoms with van der Waals surface area (Å²) in [7, 11) is 2.94. The molecule has 1 amide bonds. The number of hydrogen-bond donors (Lipinski definition) is 1. The minimum absolute atomic E-state index is 0.0835. The Hall–Kier alpha value is -3.24. The van der Waals surface area contributed by atoms with Gasteiger partial charge in [0.05, 0.1) is 18.7 Å². The number of carbonyl (C=O) groups excluding carboxylic acids is 1. The third-order valence-corrected chi connectivity index (χ3v) is 6.14. The molecule has 4 rings (SSSR count). The van der Waals surface area contributed by atoms with Crippen LogP contribution < -0.4 is 16.6 Å². The van der Waals surface area contributed by atoms with Crippen LogP contribution in [0.2, 0.25) is 5.28 Å². The number of fused-ring (bicyclic) bond motifs is 1. The van der Waals surface area contributed by atoms with Crippen LogP contribution in [0.25, 0.3) is 11.2 Å². The summed E-state index contributed by atoms with van der Waals surface area (Å²) in [6, 6.07) is 7.55. The number of nitrogens with zero attached hydrogens (tertiary/aromatic N) is 5. The first-order valence-corrected chi connectivity index (χ1v) is 10.6. The average molecular weight is 459 g/mol. The first-order valence-electron chi connectivity index (χ1n) is 9.36. The zero-order valence-corrected chi connectivity index (χ0v) is 18.6. The lowest BCUT2D eigenvalue weighted by molar-refractivity contribution is -0.115. The van der Waals surface area contributed by atoms with Gasteiger partial charge in [-0.15, -0.1) is 11.3 Å². The Balaban J connectivity index is 1.57. The van der Waals surface area contributed by atoms with E-state index in [2.05, 4.69) is 15.3 Å². The van der Waals surface area contributed by atoms with Crippen molar-refractivity contribution in [3.63, 3.8) is 0 Å². The molecule has 1 aromatic carbocycles. The number of imidazole rings is 1. The van der Waals surface area contributed by atoms with Crippen molar-refractivity contribution in [2.45, 2.75) is 19.9 Å². The van der Waals surface area contributed by atoms with Crippen LogP contribution in [0, 0.1) is 6.92 Å². The number of anilines is 1. The molecule has 1 N–H and O–H groups in total. The fourth-order valence-corrected chi connectivity index (χ4v) is 4.28. The summed E-state index contributed by atoms with van der Waals surface area (Å²) in [6.45, 7) is 2.12. The highest BCUT2D eigenvalue weighted by Gasteiger charge is 2.19. The van der Waals surface area contributed by atoms with Crippen molar-refractivity contribution >= 4 is 45.7 Å². The summed E-state index contributed by atoms with van der Waals surface area (Å²) in [5.74, 6) is -0.162. The van der Waals surface area contributed by atoms with Gasteiger partial charge in [0.2, 0.25) is 11.2 Å². The van der Waals surface area contributed by atoms with Crippen LogP contribution >= 0.6 is 22.9 Å². The summed E-state index contributed by atoms with van der Waals surface area (Å²) >= 11 is 7.61. The molecule has 160 valence electrons. The summed E-state index contributed by atoms with van der Waals surface area (Å²) in [4.78, 5) is 45.8. The maximum absolute atomic E-state index is 12.6. The molecule has 0 saturated carbocycles. The van der Waals surface area contributed by atoms with Crippen LogP contribution in [-0.2, 0) is 31.9 Å². The zero-order chi connectivity index (χ0) is 22.3. The van der Waals surface area contributed by atoms with Crippen LogP contribution in [0.1, 0.15) is 16.3 Å². The van der Waals surface area contributed by atoms with E-state index in [-0.39, 0.29) is 35.3 Å². The van der Waals surface area contributed by atoms with Gasteiger partial charge in [-0.2, -0.15) is 4.98 Å². The summed E-state index contributed by atoms with van der Waals surface area (Å²) in [6.07, 6.45) is 0.133. The molecule has 3 heterocycles. The summed E-state index contributed by atoms with van der Waals surface area (Å²) in [5.41, 5.74) is 1.86. The molecule has 0 atom stereocenters. The highest BCUT2D eigenvalue weighted by molar-refractivity contribution is 7.09. The molecule has 3 aromatic heterocycles. The number of halogens is 1. The van der Waals surface area contributed by atoms with Crippen LogP contribution in [0.4, 0.5) is 5.69 Å². The van der Waals surface area contributed by atoms with E-state index in [4.69, 9.17) is 11.6 Å². The second-order valence-electron chi connectivity index (χ2n) is 7.12. The van der Waals surface area contributed by atoms with Gasteiger partial charge < -0.3 is 9.88 Å². The third-order valence-electron chi connectivity index (χ3n) is 4.95. The fraction of sp³-hybridized carbons (Fsp3) is 0.250. The topological polar surface area (TPSA) is 104 Å². The van der Waals surface area contributed by atoms with Gasteiger partial charge in [0.15, 0.2) is 11.2 Å². The Morgan fingerprint density at radius 3 is 2.65 bits per heavy atom. The Kier molecular flexibility index (Phi) is 5.50. The molecular formula is C20H19ClN6O3S. The second-order valence-corrected chi connectivity index (χ2v) is 8.40. The Labute approximate surface area is 185 Å². The van der Waals surface area contributed by atoms with Gasteiger partial charge in [-0.05, 0) is 30.2 Å². The molecule has 0 aliphatic heterocycles. The Morgan fingerprint density at radius 1 is 1.16 bits per heavy atom. The normalized spacial score (nSPS) is 11.2. The molecule has 0 radical (unpaired) electrons. The van der Waals surface area contributed by atoms with E-state index in [1.54, 1.807) is 0 Å². The maximum atomic E-state index is 12.6. The number of benzene rings is 1. The Morgan fingerprint density at radius 2 is 1.90 bits per heavy atom. The second kappa shape index (κ2) is 8.12. The van der Waals surface area contributed by atoms with Gasteiger partial charge in [0.25, 0.3) is 5.56 Å². The van der Waals surface area contributed by atoms with Gasteiger partial charge >= 0.3 is 5.69 Å². The number of hydrogen-bond acceptors (Lipinski definition) is 6. The molecule has 0 spiro atoms. The minimum atomic E-state index is -0.481. The first kappa shape index (κ1) is 21.0. The molecule has 0 fully saturated rings. The quantitative estimate of drug-likeness (QED) is 0.461. The molecular weight excluding hydrogens is 440 g/mol. The fourth-order valence-electron chi connectivity index (χ4n) is 3.27. The maximum Gasteiger partial charge on any atom is 0.332 e. The van der Waals surface area contributed by atoms with Crippen molar-refractivity contribution < 1.29 is 4.79 Å². The number of aryl methyl sites for hydroxylation is 2. The highest BCUT2D eigenvalue weighted by Crippen LogP contribution is 2.20. The van der Waals surface area contributed by atoms with Crippen molar-refractivity contribution in [1.82, 2.24) is 23.7 Å². The smallest absolute Gasteiger partial charge is 0.325 e. The minimum Gasteiger partial charge on any atom is -0.325 e. The summed E-state index contributed by atoms with van der Waals surface area (Å²) < 4.78 is 3.81. The molecule has 31 heavy (non-hydrogen) atoms. The molecule has 0 aliphatic carbocycles. The van der Waals surface area contributed by atoms with E-state index in [1.165, 1.54) is 34.6 Å². The number of amides is 1. The molecule has 0 unspecified atom stereocenters. The van der Waals surface area contributed by atoms with Gasteiger partial charge in [0, 0.05) is 25.2 Å². The first-order chi connectivity index (χ1) is 14.8. The predicted octanol–water partition coefficient (Wildman–Crippen LogP) is 2.08. The van der Waals surface area contributed by atoms with Crippen molar-refractivity contribution in [1.29, 1.82) is 0 Å². The van der Waals surface area contributed by atoms with E-state index in [9.17, 15) is 14.4 Å². The number of carbonyl (C=O) groups is 1. The van der Waals surface area contributed by atoms with Gasteiger partial charge in [0.1, 0.15) is 5.01 Å². The SMILES string of the molecule is Cc1ccccc1NC(=O)Cc1nc(Cn2c(Cl)nc3c2c(=O)n(C)c(=O)n3C)cs1. The van der Waals surface area contributed by atoms with E-state index in [0.29, 0.717) is 10.7 Å². The van der Waals surface area contributed by atoms with Crippen molar-refractivity contribution in [2.75, 3.05) is 5.32 Å². The zero-order valence-electron chi connectivity index (χ0n) is 17.0. The third kappa shape index (κ3) is 3.91. The van der Waals surface area contributed by atoms with Crippen LogP contribution in [0.5, 0.6) is 0 Å². The van der Waals surface area contributed by atoms with E-state index < -0.39 is 11.2 Å². The number of aromatic nitrogens is 5. The van der Waals surface area contributed by atoms with E-state index >= 15 is 0 Å². The summed E-state index contributed by atoms with van der Waals surface area (Å²) in [5, 5.41) is 5.42. The monoisotopic (exact) mass is 458 g/mol. The molecule has 0 bridgehead atoms. The lowest BCUT2D eigenvalue weighted by atomic mass is 10.2. The van der Waals surface area contributed by atoms with Crippen LogP contribution in [0.3, 0.4) is 0 Å². The van der Waals surface area contributed by atoms with Crippen molar-refractivity contribution in [3.05, 3.63) is 72.0 Å². The number of para-hydroxylation sites is 1. The Bertz CT molecular complexity index is 1430. The molecule has 4 aromatic rings. The van der Waals surface area contributed by atoms with Gasteiger partial charge in [-0.3, -0.25) is 18.7 Å². The lowest BCUT2D eigenvalue weighted by Gasteiger charge is -2.07. The van der Waals surface area contributed by atoms with Crippen molar-refractivity contribution in [3.8, 4) is 0 Å². The lowest BCUT2D eigenvalue weighted by Crippen LogP contribution is -2.37. The van der Waals surface area contributed by atoms with Crippen molar-refractivity contribution in [2.24, 2.45) is 14.1 Å². The van der Waals surface area contributed by atoms with Crippen LogP contribution in [-0.4, -0.2) is 29.6 Å². The highest BCUT2D eigenvalue weighted by atomic mass is 35.5. The van der Waals surface area contributed by atoms with Crippen LogP contribution in [0.15, 0.2) is 39.2 Å². The predicted molar refractivity (Wildman–Crippen MR) is 120 cm³/mol. The number of thiazole rings is 1. The average Bonchev–Trinajstić information content (AvgIpc) is 3.31. The molecule has 0 aliphatic rings. The molecule has 11 heteroatoms. The van der Waals surface area contributed by atoms with E-state index in [1.807, 2.05) is 36.6 Å². The van der Waals surface area contributed by atoms with E-state index in [0.717, 1.165) is 15.8 Å². The largest absolute Gasteiger partial charge is 0.332 e. The molecule has 0 saturated heterocycles. The number of nitrogens with one attached hydrogen (secondary N) is 1. The van der Waals surface area contributed by atoms with Gasteiger partial charge in [-0.1, -0.05) is 18.2 Å².